The van der Waals surface area contributed by atoms with Crippen LogP contribution in [0.15, 0.2) is 30.5 Å². The molecular formula is C19H26N2. The van der Waals surface area contributed by atoms with E-state index in [0.29, 0.717) is 0 Å². The number of aromatic nitrogens is 1. The molecule has 2 nitrogen and oxygen atoms in total. The molecule has 2 aromatic rings. The van der Waals surface area contributed by atoms with Gasteiger partial charge in [0, 0.05) is 6.20 Å². The highest BCUT2D eigenvalue weighted by atomic mass is 14.9. The van der Waals surface area contributed by atoms with Crippen LogP contribution in [-0.2, 0) is 0 Å². The fourth-order valence-corrected chi connectivity index (χ4v) is 2.74. The second-order valence-corrected chi connectivity index (χ2v) is 5.96. The molecule has 1 atom stereocenters. The number of benzene rings is 1. The zero-order valence-corrected chi connectivity index (χ0v) is 13.8. The third-order valence-corrected chi connectivity index (χ3v) is 3.87. The number of rotatable bonds is 5. The van der Waals surface area contributed by atoms with Gasteiger partial charge in [-0.3, -0.25) is 4.98 Å². The molecule has 0 spiro atoms. The number of hydrogen-bond acceptors (Lipinski definition) is 2. The van der Waals surface area contributed by atoms with Crippen LogP contribution in [0.1, 0.15) is 52.9 Å². The van der Waals surface area contributed by atoms with Crippen LogP contribution in [0.4, 0.5) is 0 Å². The predicted octanol–water partition coefficient (Wildman–Crippen LogP) is 4.40. The molecule has 0 aliphatic heterocycles. The van der Waals surface area contributed by atoms with Crippen LogP contribution in [0.2, 0.25) is 0 Å². The Labute approximate surface area is 128 Å². The van der Waals surface area contributed by atoms with Crippen molar-refractivity contribution in [2.75, 3.05) is 6.54 Å². The lowest BCUT2D eigenvalue weighted by molar-refractivity contribution is 0.581. The van der Waals surface area contributed by atoms with Crippen molar-refractivity contribution in [2.24, 2.45) is 0 Å². The standard InChI is InChI=1S/C19H26N2/c1-6-9-20-19(17-11-13(2)7-8-15(17)4)18-16(5)10-14(3)12-21-18/h7-8,10-12,19-20H,6,9H2,1-5H3. The molecular weight excluding hydrogens is 256 g/mol. The average Bonchev–Trinajstić information content (AvgIpc) is 2.44. The van der Waals surface area contributed by atoms with Crippen molar-refractivity contribution < 1.29 is 0 Å². The van der Waals surface area contributed by atoms with E-state index in [4.69, 9.17) is 4.98 Å². The van der Waals surface area contributed by atoms with E-state index in [-0.39, 0.29) is 6.04 Å². The van der Waals surface area contributed by atoms with Gasteiger partial charge in [-0.2, -0.15) is 0 Å². The third-order valence-electron chi connectivity index (χ3n) is 3.87. The Morgan fingerprint density at radius 1 is 1.00 bits per heavy atom. The van der Waals surface area contributed by atoms with E-state index in [9.17, 15) is 0 Å². The highest BCUT2D eigenvalue weighted by Crippen LogP contribution is 2.27. The molecule has 0 amide bonds. The Morgan fingerprint density at radius 3 is 2.43 bits per heavy atom. The molecule has 1 N–H and O–H groups in total. The van der Waals surface area contributed by atoms with Gasteiger partial charge in [0.1, 0.15) is 0 Å². The SMILES string of the molecule is CCCNC(c1cc(C)ccc1C)c1ncc(C)cc1C. The second kappa shape index (κ2) is 6.86. The first-order valence-corrected chi connectivity index (χ1v) is 7.76. The van der Waals surface area contributed by atoms with Crippen molar-refractivity contribution in [1.29, 1.82) is 0 Å². The van der Waals surface area contributed by atoms with Crippen LogP contribution >= 0.6 is 0 Å². The Kier molecular flexibility index (Phi) is 5.13. The number of nitrogens with zero attached hydrogens (tertiary/aromatic N) is 1. The van der Waals surface area contributed by atoms with Crippen LogP contribution in [0.3, 0.4) is 0 Å². The molecule has 1 aromatic heterocycles. The summed E-state index contributed by atoms with van der Waals surface area (Å²) in [5.41, 5.74) is 7.56. The highest BCUT2D eigenvalue weighted by Gasteiger charge is 2.19. The number of aryl methyl sites for hydroxylation is 4. The molecule has 1 heterocycles. The maximum Gasteiger partial charge on any atom is 0.0756 e. The lowest BCUT2D eigenvalue weighted by Crippen LogP contribution is -2.25. The molecule has 0 fully saturated rings. The predicted molar refractivity (Wildman–Crippen MR) is 89.8 cm³/mol. The minimum atomic E-state index is 0.172. The van der Waals surface area contributed by atoms with Crippen LogP contribution in [0, 0.1) is 27.7 Å². The highest BCUT2D eigenvalue weighted by molar-refractivity contribution is 5.39. The van der Waals surface area contributed by atoms with E-state index in [0.717, 1.165) is 18.7 Å². The summed E-state index contributed by atoms with van der Waals surface area (Å²) in [5, 5.41) is 3.67. The summed E-state index contributed by atoms with van der Waals surface area (Å²) < 4.78 is 0. The largest absolute Gasteiger partial charge is 0.305 e. The van der Waals surface area contributed by atoms with Crippen molar-refractivity contribution in [3.05, 3.63) is 64.0 Å². The molecule has 112 valence electrons. The third kappa shape index (κ3) is 3.70. The van der Waals surface area contributed by atoms with E-state index in [2.05, 4.69) is 64.2 Å². The van der Waals surface area contributed by atoms with Crippen molar-refractivity contribution in [3.8, 4) is 0 Å². The minimum Gasteiger partial charge on any atom is -0.305 e. The molecule has 0 radical (unpaired) electrons. The summed E-state index contributed by atoms with van der Waals surface area (Å²) in [6.45, 7) is 11.8. The Balaban J connectivity index is 2.49. The van der Waals surface area contributed by atoms with E-state index in [1.807, 2.05) is 6.20 Å². The topological polar surface area (TPSA) is 24.9 Å². The van der Waals surface area contributed by atoms with E-state index in [1.165, 1.54) is 27.8 Å². The summed E-state index contributed by atoms with van der Waals surface area (Å²) in [6.07, 6.45) is 3.08. The Morgan fingerprint density at radius 2 is 1.76 bits per heavy atom. The smallest absolute Gasteiger partial charge is 0.0756 e. The van der Waals surface area contributed by atoms with Crippen molar-refractivity contribution >= 4 is 0 Å². The Hall–Kier alpha value is -1.67. The van der Waals surface area contributed by atoms with Crippen LogP contribution in [0.5, 0.6) is 0 Å². The van der Waals surface area contributed by atoms with Crippen LogP contribution < -0.4 is 5.32 Å². The van der Waals surface area contributed by atoms with Gasteiger partial charge in [0.2, 0.25) is 0 Å². The fraction of sp³-hybridized carbons (Fsp3) is 0.421. The molecule has 0 saturated carbocycles. The number of pyridine rings is 1. The maximum absolute atomic E-state index is 4.72. The second-order valence-electron chi connectivity index (χ2n) is 5.96. The molecule has 2 heteroatoms. The number of nitrogens with one attached hydrogen (secondary N) is 1. The molecule has 0 aliphatic carbocycles. The van der Waals surface area contributed by atoms with Crippen molar-refractivity contribution in [2.45, 2.75) is 47.1 Å². The van der Waals surface area contributed by atoms with Gasteiger partial charge in [-0.15, -0.1) is 0 Å². The van der Waals surface area contributed by atoms with E-state index < -0.39 is 0 Å². The number of hydrogen-bond donors (Lipinski definition) is 1. The molecule has 0 aliphatic rings. The van der Waals surface area contributed by atoms with Gasteiger partial charge in [-0.05, 0) is 62.9 Å². The van der Waals surface area contributed by atoms with E-state index >= 15 is 0 Å². The normalized spacial score (nSPS) is 12.4. The van der Waals surface area contributed by atoms with Gasteiger partial charge >= 0.3 is 0 Å². The van der Waals surface area contributed by atoms with Crippen LogP contribution in [0.25, 0.3) is 0 Å². The first-order chi connectivity index (χ1) is 10.0. The molecule has 2 rings (SSSR count). The van der Waals surface area contributed by atoms with Gasteiger partial charge in [-0.1, -0.05) is 36.8 Å². The van der Waals surface area contributed by atoms with Crippen molar-refractivity contribution in [1.82, 2.24) is 10.3 Å². The molecule has 21 heavy (non-hydrogen) atoms. The van der Waals surface area contributed by atoms with Crippen molar-refractivity contribution in [3.63, 3.8) is 0 Å². The lowest BCUT2D eigenvalue weighted by atomic mass is 9.94. The zero-order valence-electron chi connectivity index (χ0n) is 13.8. The lowest BCUT2D eigenvalue weighted by Gasteiger charge is -2.23. The molecule has 0 saturated heterocycles. The minimum absolute atomic E-state index is 0.172. The van der Waals surface area contributed by atoms with Gasteiger partial charge in [0.05, 0.1) is 11.7 Å². The van der Waals surface area contributed by atoms with Gasteiger partial charge in [-0.25, -0.2) is 0 Å². The molecule has 0 bridgehead atoms. The Bertz CT molecular complexity index is 617. The summed E-state index contributed by atoms with van der Waals surface area (Å²) in [4.78, 5) is 4.72. The zero-order chi connectivity index (χ0) is 15.4. The first kappa shape index (κ1) is 15.7. The molecule has 1 aromatic carbocycles. The fourth-order valence-electron chi connectivity index (χ4n) is 2.74. The first-order valence-electron chi connectivity index (χ1n) is 7.76. The quantitative estimate of drug-likeness (QED) is 0.879. The van der Waals surface area contributed by atoms with E-state index in [1.54, 1.807) is 0 Å². The van der Waals surface area contributed by atoms with Gasteiger partial charge < -0.3 is 5.32 Å². The summed E-state index contributed by atoms with van der Waals surface area (Å²) in [5.74, 6) is 0. The summed E-state index contributed by atoms with van der Waals surface area (Å²) >= 11 is 0. The van der Waals surface area contributed by atoms with Gasteiger partial charge in [0.15, 0.2) is 0 Å². The average molecular weight is 282 g/mol. The van der Waals surface area contributed by atoms with Gasteiger partial charge in [0.25, 0.3) is 0 Å². The monoisotopic (exact) mass is 282 g/mol. The molecule has 1 unspecified atom stereocenters. The summed E-state index contributed by atoms with van der Waals surface area (Å²) in [6, 6.07) is 9.04. The maximum atomic E-state index is 4.72. The summed E-state index contributed by atoms with van der Waals surface area (Å²) in [7, 11) is 0. The van der Waals surface area contributed by atoms with Crippen LogP contribution in [-0.4, -0.2) is 11.5 Å².